The predicted molar refractivity (Wildman–Crippen MR) is 71.4 cm³/mol. The van der Waals surface area contributed by atoms with Crippen LogP contribution >= 0.6 is 0 Å². The molecule has 1 aliphatic heterocycles. The van der Waals surface area contributed by atoms with Crippen molar-refractivity contribution in [2.45, 2.75) is 26.9 Å². The van der Waals surface area contributed by atoms with E-state index in [2.05, 4.69) is 4.99 Å². The van der Waals surface area contributed by atoms with Crippen LogP contribution in [0.3, 0.4) is 0 Å². The van der Waals surface area contributed by atoms with E-state index in [0.29, 0.717) is 5.76 Å². The summed E-state index contributed by atoms with van der Waals surface area (Å²) in [4.78, 5) is 4.65. The number of rotatable bonds is 0. The average molecular weight is 241 g/mol. The Balaban J connectivity index is 2.20. The topological polar surface area (TPSA) is 41.8 Å². The van der Waals surface area contributed by atoms with Crippen molar-refractivity contribution >= 4 is 11.4 Å². The van der Waals surface area contributed by atoms with E-state index in [0.717, 1.165) is 33.9 Å². The fourth-order valence-corrected chi connectivity index (χ4v) is 2.24. The standard InChI is InChI=1S/C15H15NO2/c1-8-4-5-13-11(6-8)16-14-9(2)7-12(17)10(3)15(14)18-13/h4-7,12,17H,1-3H3. The summed E-state index contributed by atoms with van der Waals surface area (Å²) >= 11 is 0. The molecule has 0 radical (unpaired) electrons. The second-order valence-electron chi connectivity index (χ2n) is 4.84. The van der Waals surface area contributed by atoms with E-state index >= 15 is 0 Å². The Hall–Kier alpha value is -1.87. The van der Waals surface area contributed by atoms with Gasteiger partial charge in [-0.15, -0.1) is 0 Å². The number of aliphatic hydroxyl groups excluding tert-OH is 1. The van der Waals surface area contributed by atoms with Crippen molar-refractivity contribution in [2.24, 2.45) is 4.99 Å². The number of fused-ring (bicyclic) bond motifs is 2. The number of aliphatic hydroxyl groups is 1. The van der Waals surface area contributed by atoms with E-state index in [1.54, 1.807) is 0 Å². The van der Waals surface area contributed by atoms with E-state index in [1.807, 2.05) is 45.0 Å². The van der Waals surface area contributed by atoms with E-state index in [1.165, 1.54) is 0 Å². The Labute approximate surface area is 106 Å². The Morgan fingerprint density at radius 3 is 2.78 bits per heavy atom. The molecule has 0 amide bonds. The van der Waals surface area contributed by atoms with Gasteiger partial charge in [0.25, 0.3) is 0 Å². The molecule has 1 heterocycles. The second kappa shape index (κ2) is 3.82. The maximum atomic E-state index is 9.91. The number of allylic oxidation sites excluding steroid dienone is 1. The van der Waals surface area contributed by atoms with Crippen LogP contribution < -0.4 is 4.74 Å². The molecule has 3 rings (SSSR count). The minimum absolute atomic E-state index is 0.578. The van der Waals surface area contributed by atoms with Gasteiger partial charge in [0, 0.05) is 5.57 Å². The predicted octanol–water partition coefficient (Wildman–Crippen LogP) is 3.05. The molecular weight excluding hydrogens is 226 g/mol. The quantitative estimate of drug-likeness (QED) is 0.758. The van der Waals surface area contributed by atoms with E-state index < -0.39 is 6.10 Å². The van der Waals surface area contributed by atoms with E-state index in [4.69, 9.17) is 4.74 Å². The van der Waals surface area contributed by atoms with Gasteiger partial charge < -0.3 is 9.84 Å². The normalized spacial score (nSPS) is 21.7. The van der Waals surface area contributed by atoms with E-state index in [9.17, 15) is 5.11 Å². The number of ether oxygens (including phenoxy) is 1. The molecule has 2 aliphatic rings. The van der Waals surface area contributed by atoms with Gasteiger partial charge in [-0.05, 0) is 50.1 Å². The molecular formula is C15H15NO2. The monoisotopic (exact) mass is 241 g/mol. The first kappa shape index (κ1) is 11.2. The Morgan fingerprint density at radius 1 is 1.22 bits per heavy atom. The van der Waals surface area contributed by atoms with Crippen molar-refractivity contribution in [2.75, 3.05) is 0 Å². The lowest BCUT2D eigenvalue weighted by atomic mass is 9.94. The van der Waals surface area contributed by atoms with Crippen LogP contribution in [0.25, 0.3) is 0 Å². The summed E-state index contributed by atoms with van der Waals surface area (Å²) in [6, 6.07) is 5.93. The van der Waals surface area contributed by atoms with Crippen molar-refractivity contribution in [1.29, 1.82) is 0 Å². The van der Waals surface area contributed by atoms with Gasteiger partial charge in [0.15, 0.2) is 11.5 Å². The van der Waals surface area contributed by atoms with Crippen LogP contribution in [0.4, 0.5) is 5.69 Å². The molecule has 92 valence electrons. The van der Waals surface area contributed by atoms with Crippen LogP contribution in [-0.4, -0.2) is 16.9 Å². The van der Waals surface area contributed by atoms with Gasteiger partial charge in [0.2, 0.25) is 0 Å². The largest absolute Gasteiger partial charge is 0.453 e. The molecule has 1 unspecified atom stereocenters. The fourth-order valence-electron chi connectivity index (χ4n) is 2.24. The summed E-state index contributed by atoms with van der Waals surface area (Å²) in [6.07, 6.45) is 1.23. The SMILES string of the molecule is CC1=CC(O)C(C)=C2Oc3ccc(C)cc3N=C12. The lowest BCUT2D eigenvalue weighted by molar-refractivity contribution is 0.250. The molecule has 3 heteroatoms. The van der Waals surface area contributed by atoms with Crippen molar-refractivity contribution < 1.29 is 9.84 Å². The van der Waals surface area contributed by atoms with Gasteiger partial charge in [-0.3, -0.25) is 0 Å². The third-order valence-corrected chi connectivity index (χ3v) is 3.36. The Kier molecular flexibility index (Phi) is 2.38. The van der Waals surface area contributed by atoms with Crippen LogP contribution in [0.2, 0.25) is 0 Å². The fraction of sp³-hybridized carbons (Fsp3) is 0.267. The van der Waals surface area contributed by atoms with Gasteiger partial charge in [0.05, 0.1) is 6.10 Å². The number of hydrogen-bond acceptors (Lipinski definition) is 3. The van der Waals surface area contributed by atoms with Crippen LogP contribution in [-0.2, 0) is 0 Å². The molecule has 1 aromatic carbocycles. The highest BCUT2D eigenvalue weighted by Gasteiger charge is 2.28. The smallest absolute Gasteiger partial charge is 0.155 e. The minimum atomic E-state index is -0.578. The van der Waals surface area contributed by atoms with Gasteiger partial charge >= 0.3 is 0 Å². The third-order valence-electron chi connectivity index (χ3n) is 3.36. The number of aryl methyl sites for hydroxylation is 1. The number of nitrogens with zero attached hydrogens (tertiary/aromatic N) is 1. The van der Waals surface area contributed by atoms with Gasteiger partial charge in [-0.25, -0.2) is 4.99 Å². The molecule has 1 aliphatic carbocycles. The second-order valence-corrected chi connectivity index (χ2v) is 4.84. The van der Waals surface area contributed by atoms with Crippen LogP contribution in [0.5, 0.6) is 5.75 Å². The van der Waals surface area contributed by atoms with Crippen LogP contribution in [0.1, 0.15) is 19.4 Å². The first-order chi connectivity index (χ1) is 8.56. The highest BCUT2D eigenvalue weighted by atomic mass is 16.5. The number of hydrogen-bond donors (Lipinski definition) is 1. The summed E-state index contributed by atoms with van der Waals surface area (Å²) in [5.41, 5.74) is 4.60. The Morgan fingerprint density at radius 2 is 2.00 bits per heavy atom. The van der Waals surface area contributed by atoms with Gasteiger partial charge in [-0.2, -0.15) is 0 Å². The number of aliphatic imine (C=N–C) groups is 1. The van der Waals surface area contributed by atoms with Gasteiger partial charge in [0.1, 0.15) is 11.4 Å². The minimum Gasteiger partial charge on any atom is -0.453 e. The Bertz CT molecular complexity index is 623. The zero-order valence-electron chi connectivity index (χ0n) is 10.7. The summed E-state index contributed by atoms with van der Waals surface area (Å²) in [7, 11) is 0. The lowest BCUT2D eigenvalue weighted by Crippen LogP contribution is -2.25. The third kappa shape index (κ3) is 1.59. The molecule has 1 atom stereocenters. The van der Waals surface area contributed by atoms with E-state index in [-0.39, 0.29) is 0 Å². The molecule has 0 bridgehead atoms. The van der Waals surface area contributed by atoms with Gasteiger partial charge in [-0.1, -0.05) is 6.07 Å². The molecule has 1 aromatic rings. The average Bonchev–Trinajstić information content (AvgIpc) is 2.34. The summed E-state index contributed by atoms with van der Waals surface area (Å²) in [6.45, 7) is 5.85. The van der Waals surface area contributed by atoms with Crippen LogP contribution in [0.15, 0.2) is 46.2 Å². The highest BCUT2D eigenvalue weighted by molar-refractivity contribution is 6.14. The van der Waals surface area contributed by atoms with Crippen LogP contribution in [0, 0.1) is 6.92 Å². The lowest BCUT2D eigenvalue weighted by Gasteiger charge is -2.27. The molecule has 0 spiro atoms. The molecule has 1 N–H and O–H groups in total. The molecule has 3 nitrogen and oxygen atoms in total. The maximum absolute atomic E-state index is 9.91. The molecule has 0 fully saturated rings. The zero-order chi connectivity index (χ0) is 12.9. The zero-order valence-corrected chi connectivity index (χ0v) is 10.7. The van der Waals surface area contributed by atoms with Crippen molar-refractivity contribution in [3.05, 3.63) is 46.7 Å². The summed E-state index contributed by atoms with van der Waals surface area (Å²) in [5, 5.41) is 9.91. The molecule has 0 saturated carbocycles. The van der Waals surface area contributed by atoms with Crippen molar-refractivity contribution in [3.63, 3.8) is 0 Å². The first-order valence-electron chi connectivity index (χ1n) is 6.01. The molecule has 0 saturated heterocycles. The first-order valence-corrected chi connectivity index (χ1v) is 6.01. The van der Waals surface area contributed by atoms with Crippen molar-refractivity contribution in [1.82, 2.24) is 0 Å². The number of benzene rings is 1. The molecule has 18 heavy (non-hydrogen) atoms. The summed E-state index contributed by atoms with van der Waals surface area (Å²) in [5.74, 6) is 1.44. The van der Waals surface area contributed by atoms with Crippen molar-refractivity contribution in [3.8, 4) is 5.75 Å². The highest BCUT2D eigenvalue weighted by Crippen LogP contribution is 2.38. The maximum Gasteiger partial charge on any atom is 0.155 e. The molecule has 0 aromatic heterocycles. The summed E-state index contributed by atoms with van der Waals surface area (Å²) < 4.78 is 5.89.